The summed E-state index contributed by atoms with van der Waals surface area (Å²) in [4.78, 5) is 28.8. The number of benzene rings is 3. The van der Waals surface area contributed by atoms with Crippen LogP contribution in [0.25, 0.3) is 33.6 Å². The highest BCUT2D eigenvalue weighted by molar-refractivity contribution is 6.02. The van der Waals surface area contributed by atoms with E-state index in [0.29, 0.717) is 43.7 Å². The molecule has 2 amide bonds. The Hall–Kier alpha value is -4.93. The fourth-order valence-electron chi connectivity index (χ4n) is 4.97. The van der Waals surface area contributed by atoms with Gasteiger partial charge < -0.3 is 34.7 Å². The van der Waals surface area contributed by atoms with Crippen LogP contribution in [0.3, 0.4) is 0 Å². The maximum atomic E-state index is 13.0. The van der Waals surface area contributed by atoms with Crippen molar-refractivity contribution >= 4 is 17.5 Å². The third kappa shape index (κ3) is 7.34. The summed E-state index contributed by atoms with van der Waals surface area (Å²) in [5, 5.41) is 3.03. The predicted octanol–water partition coefficient (Wildman–Crippen LogP) is 4.88. The van der Waals surface area contributed by atoms with Crippen molar-refractivity contribution in [2.45, 2.75) is 12.8 Å². The highest BCUT2D eigenvalue weighted by Gasteiger charge is 2.25. The van der Waals surface area contributed by atoms with Crippen LogP contribution in [0.4, 0.5) is 5.69 Å². The van der Waals surface area contributed by atoms with E-state index in [-0.39, 0.29) is 31.3 Å². The first-order chi connectivity index (χ1) is 21.5. The van der Waals surface area contributed by atoms with Crippen LogP contribution in [-0.2, 0) is 25.5 Å². The van der Waals surface area contributed by atoms with Crippen LogP contribution in [0, 0.1) is 0 Å². The number of aromatic nitrogens is 1. The van der Waals surface area contributed by atoms with E-state index in [0.717, 1.165) is 44.9 Å². The molecule has 0 aliphatic carbocycles. The lowest BCUT2D eigenvalue weighted by atomic mass is 9.92. The lowest BCUT2D eigenvalue weighted by Crippen LogP contribution is -2.15. The van der Waals surface area contributed by atoms with E-state index in [1.807, 2.05) is 72.8 Å². The van der Waals surface area contributed by atoms with E-state index in [1.165, 1.54) is 0 Å². The van der Waals surface area contributed by atoms with Crippen molar-refractivity contribution in [3.63, 3.8) is 0 Å². The predicted molar refractivity (Wildman–Crippen MR) is 167 cm³/mol. The Morgan fingerprint density at radius 2 is 1.52 bits per heavy atom. The number of hydrogen-bond acceptors (Lipinski definition) is 8. The van der Waals surface area contributed by atoms with Gasteiger partial charge in [0.25, 0.3) is 0 Å². The van der Waals surface area contributed by atoms with Gasteiger partial charge in [-0.2, -0.15) is 0 Å². The van der Waals surface area contributed by atoms with E-state index < -0.39 is 0 Å². The molecule has 10 heteroatoms. The molecule has 0 bridgehead atoms. The molecule has 228 valence electrons. The number of pyridine rings is 1. The van der Waals surface area contributed by atoms with Crippen LogP contribution in [0.15, 0.2) is 72.8 Å². The first kappa shape index (κ1) is 30.5. The minimum atomic E-state index is -0.388. The van der Waals surface area contributed by atoms with Crippen molar-refractivity contribution < 1.29 is 33.3 Å². The Labute approximate surface area is 256 Å². The minimum absolute atomic E-state index is 0.103. The second-order valence-corrected chi connectivity index (χ2v) is 10.0. The molecule has 1 aliphatic rings. The third-order valence-corrected chi connectivity index (χ3v) is 7.12. The van der Waals surface area contributed by atoms with Gasteiger partial charge in [-0.3, -0.25) is 9.59 Å². The zero-order valence-corrected chi connectivity index (χ0v) is 24.8. The van der Waals surface area contributed by atoms with Crippen molar-refractivity contribution in [1.82, 2.24) is 4.98 Å². The maximum absolute atomic E-state index is 13.0. The summed E-state index contributed by atoms with van der Waals surface area (Å²) in [6.07, 6.45) is 0.372. The van der Waals surface area contributed by atoms with Gasteiger partial charge in [0, 0.05) is 17.5 Å². The fraction of sp³-hybridized carbons (Fsp3) is 0.265. The molecule has 2 heterocycles. The molecule has 1 aliphatic heterocycles. The number of primary amides is 1. The molecule has 3 N–H and O–H groups in total. The van der Waals surface area contributed by atoms with E-state index in [2.05, 4.69) is 5.32 Å². The molecule has 0 saturated carbocycles. The molecule has 4 aromatic rings. The fourth-order valence-corrected chi connectivity index (χ4v) is 4.97. The van der Waals surface area contributed by atoms with Gasteiger partial charge in [0.1, 0.15) is 12.4 Å². The summed E-state index contributed by atoms with van der Waals surface area (Å²) in [5.74, 6) is 1.42. The number of carbonyl (C=O) groups is 2. The molecule has 5 rings (SSSR count). The molecular formula is C34H35N3O7. The van der Waals surface area contributed by atoms with Gasteiger partial charge in [-0.05, 0) is 65.2 Å². The number of nitrogens with one attached hydrogen (secondary N) is 1. The summed E-state index contributed by atoms with van der Waals surface area (Å²) < 4.78 is 27.7. The van der Waals surface area contributed by atoms with E-state index >= 15 is 0 Å². The average molecular weight is 598 g/mol. The monoisotopic (exact) mass is 597 g/mol. The van der Waals surface area contributed by atoms with Gasteiger partial charge in [-0.15, -0.1) is 0 Å². The number of nitrogens with two attached hydrogens (primary N) is 1. The van der Waals surface area contributed by atoms with Gasteiger partial charge in [-0.1, -0.05) is 24.3 Å². The highest BCUT2D eigenvalue weighted by Crippen LogP contribution is 2.41. The quantitative estimate of drug-likeness (QED) is 0.197. The molecule has 0 unspecified atom stereocenters. The van der Waals surface area contributed by atoms with Crippen molar-refractivity contribution in [1.29, 1.82) is 0 Å². The molecule has 0 radical (unpaired) electrons. The Morgan fingerprint density at radius 1 is 0.818 bits per heavy atom. The molecule has 0 saturated heterocycles. The molecule has 1 aromatic heterocycles. The molecule has 0 spiro atoms. The highest BCUT2D eigenvalue weighted by atomic mass is 16.5. The zero-order valence-electron chi connectivity index (χ0n) is 24.8. The van der Waals surface area contributed by atoms with Crippen molar-refractivity contribution in [2.24, 2.45) is 5.73 Å². The van der Waals surface area contributed by atoms with Crippen molar-refractivity contribution in [3.05, 3.63) is 78.4 Å². The SMILES string of the molecule is COc1ccc(-c2cc(-c3ccc(OCCOCCOCCC(N)=O)cc3)nc3c2CC(=O)Nc2ccccc2-3)cc1OC. The first-order valence-electron chi connectivity index (χ1n) is 14.3. The second-order valence-electron chi connectivity index (χ2n) is 10.0. The summed E-state index contributed by atoms with van der Waals surface area (Å²) in [5.41, 5.74) is 11.7. The Kier molecular flexibility index (Phi) is 10.1. The van der Waals surface area contributed by atoms with Gasteiger partial charge in [0.2, 0.25) is 11.8 Å². The molecule has 10 nitrogen and oxygen atoms in total. The van der Waals surface area contributed by atoms with Gasteiger partial charge >= 0.3 is 0 Å². The van der Waals surface area contributed by atoms with E-state index in [4.69, 9.17) is 34.4 Å². The number of carbonyl (C=O) groups excluding carboxylic acids is 2. The van der Waals surface area contributed by atoms with Crippen LogP contribution in [-0.4, -0.2) is 64.1 Å². The smallest absolute Gasteiger partial charge is 0.228 e. The van der Waals surface area contributed by atoms with Crippen LogP contribution < -0.4 is 25.3 Å². The number of methoxy groups -OCH3 is 2. The minimum Gasteiger partial charge on any atom is -0.493 e. The zero-order chi connectivity index (χ0) is 30.9. The number of ether oxygens (including phenoxy) is 5. The number of hydrogen-bond donors (Lipinski definition) is 2. The topological polar surface area (TPSA) is 131 Å². The standard InChI is InChI=1S/C34H35N3O7/c1-40-30-12-9-23(19-31(30)41-2)26-20-29(37-34-25-5-3-4-6-28(25)36-33(39)21-27(26)34)22-7-10-24(11-8-22)44-18-17-43-16-15-42-14-13-32(35)38/h3-12,19-20H,13-18,21H2,1-2H3,(H2,35,38)(H,36,39). The number of para-hydroxylation sites is 1. The lowest BCUT2D eigenvalue weighted by molar-refractivity contribution is -0.119. The number of anilines is 1. The van der Waals surface area contributed by atoms with Gasteiger partial charge in [0.15, 0.2) is 11.5 Å². The molecule has 3 aromatic carbocycles. The number of fused-ring (bicyclic) bond motifs is 3. The first-order valence-corrected chi connectivity index (χ1v) is 14.3. The average Bonchev–Trinajstić information content (AvgIpc) is 3.18. The molecule has 44 heavy (non-hydrogen) atoms. The second kappa shape index (κ2) is 14.5. The Balaban J connectivity index is 1.38. The van der Waals surface area contributed by atoms with Gasteiger partial charge in [0.05, 0.1) is 64.1 Å². The lowest BCUT2D eigenvalue weighted by Gasteiger charge is -2.17. The Morgan fingerprint density at radius 3 is 2.27 bits per heavy atom. The van der Waals surface area contributed by atoms with Crippen LogP contribution in [0.2, 0.25) is 0 Å². The summed E-state index contributed by atoms with van der Waals surface area (Å²) in [7, 11) is 3.20. The van der Waals surface area contributed by atoms with Crippen LogP contribution in [0.1, 0.15) is 12.0 Å². The van der Waals surface area contributed by atoms with Crippen LogP contribution in [0.5, 0.6) is 17.2 Å². The van der Waals surface area contributed by atoms with E-state index in [9.17, 15) is 9.59 Å². The number of nitrogens with zero attached hydrogens (tertiary/aromatic N) is 1. The summed E-state index contributed by atoms with van der Waals surface area (Å²) in [6.45, 7) is 1.85. The number of rotatable bonds is 14. The van der Waals surface area contributed by atoms with E-state index in [1.54, 1.807) is 14.2 Å². The van der Waals surface area contributed by atoms with Gasteiger partial charge in [-0.25, -0.2) is 4.98 Å². The molecule has 0 atom stereocenters. The molecule has 0 fully saturated rings. The maximum Gasteiger partial charge on any atom is 0.228 e. The largest absolute Gasteiger partial charge is 0.493 e. The Bertz CT molecular complexity index is 1620. The summed E-state index contributed by atoms with van der Waals surface area (Å²) >= 11 is 0. The number of amides is 2. The van der Waals surface area contributed by atoms with Crippen molar-refractivity contribution in [3.8, 4) is 50.9 Å². The molecular weight excluding hydrogens is 562 g/mol. The van der Waals surface area contributed by atoms with Crippen LogP contribution >= 0.6 is 0 Å². The summed E-state index contributed by atoms with van der Waals surface area (Å²) in [6, 6.07) is 23.2. The third-order valence-electron chi connectivity index (χ3n) is 7.12. The van der Waals surface area contributed by atoms with Crippen molar-refractivity contribution in [2.75, 3.05) is 52.6 Å². The normalized spacial score (nSPS) is 12.0.